The Bertz CT molecular complexity index is 706. The summed E-state index contributed by atoms with van der Waals surface area (Å²) in [5, 5.41) is 4.74. The first-order chi connectivity index (χ1) is 9.24. The molecule has 2 aromatic heterocycles. The minimum atomic E-state index is -0.628. The number of nitrogens with one attached hydrogen (secondary N) is 1. The van der Waals surface area contributed by atoms with Crippen LogP contribution in [0.2, 0.25) is 0 Å². The Labute approximate surface area is 117 Å². The quantitative estimate of drug-likeness (QED) is 0.779. The highest BCUT2D eigenvalue weighted by Gasteiger charge is 2.16. The molecule has 3 rings (SSSR count). The SMILES string of the molecule is NC(C(=O)Nc1ccc2ncsc2c1)c1cccs1. The molecule has 2 heterocycles. The van der Waals surface area contributed by atoms with Gasteiger partial charge in [0.2, 0.25) is 5.91 Å². The normalized spacial score (nSPS) is 12.5. The number of anilines is 1. The summed E-state index contributed by atoms with van der Waals surface area (Å²) in [5.74, 6) is -0.202. The van der Waals surface area contributed by atoms with Crippen molar-refractivity contribution in [1.29, 1.82) is 0 Å². The van der Waals surface area contributed by atoms with Gasteiger partial charge in [-0.25, -0.2) is 4.98 Å². The lowest BCUT2D eigenvalue weighted by molar-refractivity contribution is -0.117. The lowest BCUT2D eigenvalue weighted by atomic mass is 10.2. The molecule has 0 spiro atoms. The molecule has 4 nitrogen and oxygen atoms in total. The van der Waals surface area contributed by atoms with Crippen LogP contribution in [0.1, 0.15) is 10.9 Å². The lowest BCUT2D eigenvalue weighted by Crippen LogP contribution is -2.26. The highest BCUT2D eigenvalue weighted by Crippen LogP contribution is 2.23. The maximum absolute atomic E-state index is 12.0. The predicted molar refractivity (Wildman–Crippen MR) is 79.5 cm³/mol. The molecule has 0 aliphatic carbocycles. The average molecular weight is 289 g/mol. The van der Waals surface area contributed by atoms with Crippen LogP contribution in [-0.2, 0) is 4.79 Å². The summed E-state index contributed by atoms with van der Waals surface area (Å²) < 4.78 is 1.04. The molecule has 1 aromatic carbocycles. The summed E-state index contributed by atoms with van der Waals surface area (Å²) in [4.78, 5) is 17.1. The molecule has 0 aliphatic rings. The van der Waals surface area contributed by atoms with Gasteiger partial charge < -0.3 is 11.1 Å². The van der Waals surface area contributed by atoms with Crippen LogP contribution < -0.4 is 11.1 Å². The summed E-state index contributed by atoms with van der Waals surface area (Å²) in [7, 11) is 0. The van der Waals surface area contributed by atoms with Crippen LogP contribution in [0.5, 0.6) is 0 Å². The molecule has 6 heteroatoms. The number of benzene rings is 1. The fourth-order valence-electron chi connectivity index (χ4n) is 1.75. The van der Waals surface area contributed by atoms with Gasteiger partial charge in [-0.05, 0) is 29.6 Å². The number of fused-ring (bicyclic) bond motifs is 1. The first-order valence-electron chi connectivity index (χ1n) is 5.67. The number of aromatic nitrogens is 1. The number of amides is 1. The van der Waals surface area contributed by atoms with Crippen LogP contribution in [0, 0.1) is 0 Å². The van der Waals surface area contributed by atoms with Gasteiger partial charge in [-0.3, -0.25) is 4.79 Å². The number of hydrogen-bond acceptors (Lipinski definition) is 5. The Balaban J connectivity index is 1.78. The number of thiazole rings is 1. The van der Waals surface area contributed by atoms with Crippen molar-refractivity contribution in [3.8, 4) is 0 Å². The number of hydrogen-bond donors (Lipinski definition) is 2. The maximum Gasteiger partial charge on any atom is 0.246 e. The van der Waals surface area contributed by atoms with Crippen LogP contribution in [0.25, 0.3) is 10.2 Å². The Kier molecular flexibility index (Phi) is 3.29. The summed E-state index contributed by atoms with van der Waals surface area (Å²) in [6, 6.07) is 8.75. The molecular formula is C13H11N3OS2. The molecule has 0 bridgehead atoms. The number of thiophene rings is 1. The van der Waals surface area contributed by atoms with Crippen molar-refractivity contribution in [2.24, 2.45) is 5.73 Å². The highest BCUT2D eigenvalue weighted by molar-refractivity contribution is 7.16. The predicted octanol–water partition coefficient (Wildman–Crippen LogP) is 3.00. The number of nitrogens with zero attached hydrogens (tertiary/aromatic N) is 1. The van der Waals surface area contributed by atoms with E-state index in [2.05, 4.69) is 10.3 Å². The Morgan fingerprint density at radius 2 is 2.21 bits per heavy atom. The van der Waals surface area contributed by atoms with Crippen molar-refractivity contribution < 1.29 is 4.79 Å². The van der Waals surface area contributed by atoms with Gasteiger partial charge in [0.15, 0.2) is 0 Å². The zero-order valence-corrected chi connectivity index (χ0v) is 11.5. The second-order valence-corrected chi connectivity index (χ2v) is 5.88. The van der Waals surface area contributed by atoms with Crippen LogP contribution >= 0.6 is 22.7 Å². The van der Waals surface area contributed by atoms with Gasteiger partial charge in [0.25, 0.3) is 0 Å². The van der Waals surface area contributed by atoms with E-state index in [0.717, 1.165) is 20.8 Å². The minimum Gasteiger partial charge on any atom is -0.324 e. The third kappa shape index (κ3) is 2.51. The van der Waals surface area contributed by atoms with Crippen molar-refractivity contribution in [3.63, 3.8) is 0 Å². The zero-order valence-electron chi connectivity index (χ0n) is 9.87. The van der Waals surface area contributed by atoms with E-state index in [1.807, 2.05) is 35.7 Å². The first kappa shape index (κ1) is 12.3. The molecule has 0 fully saturated rings. The van der Waals surface area contributed by atoms with Crippen molar-refractivity contribution in [2.75, 3.05) is 5.32 Å². The van der Waals surface area contributed by atoms with Gasteiger partial charge in [-0.2, -0.15) is 0 Å². The first-order valence-corrected chi connectivity index (χ1v) is 7.43. The van der Waals surface area contributed by atoms with Crippen molar-refractivity contribution in [1.82, 2.24) is 4.98 Å². The van der Waals surface area contributed by atoms with Crippen LogP contribution in [0.15, 0.2) is 41.2 Å². The monoisotopic (exact) mass is 289 g/mol. The van der Waals surface area contributed by atoms with Crippen molar-refractivity contribution in [2.45, 2.75) is 6.04 Å². The number of carbonyl (C=O) groups is 1. The minimum absolute atomic E-state index is 0.202. The van der Waals surface area contributed by atoms with Gasteiger partial charge in [-0.1, -0.05) is 6.07 Å². The van der Waals surface area contributed by atoms with Crippen molar-refractivity contribution >= 4 is 44.5 Å². The van der Waals surface area contributed by atoms with E-state index in [9.17, 15) is 4.79 Å². The number of nitrogens with two attached hydrogens (primary N) is 1. The van der Waals surface area contributed by atoms with Gasteiger partial charge in [0.05, 0.1) is 15.7 Å². The fourth-order valence-corrected chi connectivity index (χ4v) is 3.19. The fraction of sp³-hybridized carbons (Fsp3) is 0.0769. The Morgan fingerprint density at radius 1 is 1.32 bits per heavy atom. The van der Waals surface area contributed by atoms with Crippen molar-refractivity contribution in [3.05, 3.63) is 46.1 Å². The summed E-state index contributed by atoms with van der Waals surface area (Å²) in [5.41, 5.74) is 9.38. The van der Waals surface area contributed by atoms with Gasteiger partial charge in [0, 0.05) is 10.6 Å². The van der Waals surface area contributed by atoms with E-state index in [-0.39, 0.29) is 5.91 Å². The molecule has 1 amide bonds. The largest absolute Gasteiger partial charge is 0.324 e. The molecule has 3 aromatic rings. The second-order valence-electron chi connectivity index (χ2n) is 4.02. The van der Waals surface area contributed by atoms with E-state index >= 15 is 0 Å². The molecule has 1 unspecified atom stereocenters. The number of carbonyl (C=O) groups excluding carboxylic acids is 1. The molecule has 0 saturated carbocycles. The van der Waals surface area contributed by atoms with Gasteiger partial charge >= 0.3 is 0 Å². The van der Waals surface area contributed by atoms with E-state index in [1.54, 1.807) is 16.8 Å². The Morgan fingerprint density at radius 3 is 3.00 bits per heavy atom. The summed E-state index contributed by atoms with van der Waals surface area (Å²) >= 11 is 3.02. The number of rotatable bonds is 3. The lowest BCUT2D eigenvalue weighted by Gasteiger charge is -2.10. The zero-order chi connectivity index (χ0) is 13.2. The molecule has 1 atom stereocenters. The summed E-state index contributed by atoms with van der Waals surface area (Å²) in [6.45, 7) is 0. The maximum atomic E-state index is 12.0. The van der Waals surface area contributed by atoms with E-state index in [1.165, 1.54) is 11.3 Å². The van der Waals surface area contributed by atoms with E-state index in [0.29, 0.717) is 0 Å². The van der Waals surface area contributed by atoms with Crippen LogP contribution in [-0.4, -0.2) is 10.9 Å². The topological polar surface area (TPSA) is 68.0 Å². The highest BCUT2D eigenvalue weighted by atomic mass is 32.1. The third-order valence-electron chi connectivity index (χ3n) is 2.73. The van der Waals surface area contributed by atoms with E-state index < -0.39 is 6.04 Å². The molecule has 0 radical (unpaired) electrons. The van der Waals surface area contributed by atoms with Crippen LogP contribution in [0.3, 0.4) is 0 Å². The van der Waals surface area contributed by atoms with Gasteiger partial charge in [0.1, 0.15) is 6.04 Å². The van der Waals surface area contributed by atoms with Crippen LogP contribution in [0.4, 0.5) is 5.69 Å². The average Bonchev–Trinajstić information content (AvgIpc) is 3.08. The van der Waals surface area contributed by atoms with Gasteiger partial charge in [-0.15, -0.1) is 22.7 Å². The Hall–Kier alpha value is -1.76. The molecule has 3 N–H and O–H groups in total. The smallest absolute Gasteiger partial charge is 0.246 e. The van der Waals surface area contributed by atoms with E-state index in [4.69, 9.17) is 5.73 Å². The molecule has 0 aliphatic heterocycles. The molecule has 0 saturated heterocycles. The third-order valence-corrected chi connectivity index (χ3v) is 4.48. The summed E-state index contributed by atoms with van der Waals surface area (Å²) in [6.07, 6.45) is 0. The molecule has 96 valence electrons. The molecule has 19 heavy (non-hydrogen) atoms. The second kappa shape index (κ2) is 5.08. The standard InChI is InChI=1S/C13H11N3OS2/c14-12(10-2-1-5-18-10)13(17)16-8-3-4-9-11(6-8)19-7-15-9/h1-7,12H,14H2,(H,16,17). The molecular weight excluding hydrogens is 278 g/mol.